The Labute approximate surface area is 112 Å². The Bertz CT molecular complexity index is 225. The minimum Gasteiger partial charge on any atom is -0.353 e. The summed E-state index contributed by atoms with van der Waals surface area (Å²) in [4.78, 5) is 12.0. The second kappa shape index (κ2) is 9.37. The number of nitrogens with one attached hydrogen (secondary N) is 2. The van der Waals surface area contributed by atoms with Gasteiger partial charge in [-0.2, -0.15) is 0 Å². The third kappa shape index (κ3) is 6.39. The van der Waals surface area contributed by atoms with E-state index >= 15 is 0 Å². The second-order valence-corrected chi connectivity index (χ2v) is 5.61. The summed E-state index contributed by atoms with van der Waals surface area (Å²) < 4.78 is 0. The van der Waals surface area contributed by atoms with Crippen LogP contribution < -0.4 is 10.6 Å². The monoisotopic (exact) mass is 254 g/mol. The maximum atomic E-state index is 12.0. The fourth-order valence-corrected chi connectivity index (χ4v) is 2.73. The molecule has 0 aliphatic carbocycles. The maximum Gasteiger partial charge on any atom is 0.220 e. The minimum absolute atomic E-state index is 0.262. The van der Waals surface area contributed by atoms with Gasteiger partial charge in [-0.25, -0.2) is 0 Å². The van der Waals surface area contributed by atoms with Crippen LogP contribution in [0.4, 0.5) is 0 Å². The van der Waals surface area contributed by atoms with E-state index in [2.05, 4.69) is 24.5 Å². The van der Waals surface area contributed by atoms with E-state index in [9.17, 15) is 4.79 Å². The van der Waals surface area contributed by atoms with Crippen molar-refractivity contribution >= 4 is 5.91 Å². The topological polar surface area (TPSA) is 41.1 Å². The lowest BCUT2D eigenvalue weighted by Crippen LogP contribution is -2.38. The van der Waals surface area contributed by atoms with Crippen LogP contribution in [0.15, 0.2) is 0 Å². The van der Waals surface area contributed by atoms with Gasteiger partial charge in [-0.05, 0) is 44.7 Å². The summed E-state index contributed by atoms with van der Waals surface area (Å²) in [5.41, 5.74) is 0. The quantitative estimate of drug-likeness (QED) is 0.699. The molecule has 0 aromatic rings. The molecule has 1 amide bonds. The van der Waals surface area contributed by atoms with Crippen LogP contribution in [0.5, 0.6) is 0 Å². The second-order valence-electron chi connectivity index (χ2n) is 5.61. The van der Waals surface area contributed by atoms with Crippen LogP contribution in [-0.2, 0) is 4.79 Å². The van der Waals surface area contributed by atoms with Crippen molar-refractivity contribution in [2.24, 2.45) is 5.92 Å². The van der Waals surface area contributed by atoms with Gasteiger partial charge in [-0.3, -0.25) is 4.79 Å². The first kappa shape index (κ1) is 15.5. The van der Waals surface area contributed by atoms with Crippen LogP contribution in [-0.4, -0.2) is 25.0 Å². The van der Waals surface area contributed by atoms with Crippen LogP contribution in [0, 0.1) is 5.92 Å². The van der Waals surface area contributed by atoms with Crippen LogP contribution in [0.25, 0.3) is 0 Å². The zero-order chi connectivity index (χ0) is 13.2. The summed E-state index contributed by atoms with van der Waals surface area (Å²) in [6, 6.07) is 0.402. The molecule has 2 atom stereocenters. The van der Waals surface area contributed by atoms with Crippen LogP contribution in [0.1, 0.15) is 65.2 Å². The lowest BCUT2D eigenvalue weighted by molar-refractivity contribution is -0.123. The molecule has 0 aromatic heterocycles. The first-order chi connectivity index (χ1) is 8.76. The number of amides is 1. The standard InChI is InChI=1S/C15H30N2O/c1-3-5-9-14(7-4-2)17-15(18)11-13-8-6-10-16-12-13/h13-14,16H,3-12H2,1-2H3,(H,17,18). The van der Waals surface area contributed by atoms with E-state index in [1.165, 1.54) is 25.7 Å². The fraction of sp³-hybridized carbons (Fsp3) is 0.933. The molecule has 3 heteroatoms. The van der Waals surface area contributed by atoms with Gasteiger partial charge in [-0.1, -0.05) is 33.1 Å². The number of unbranched alkanes of at least 4 members (excludes halogenated alkanes) is 1. The molecule has 0 radical (unpaired) electrons. The third-order valence-corrected chi connectivity index (χ3v) is 3.78. The molecular weight excluding hydrogens is 224 g/mol. The normalized spacial score (nSPS) is 21.6. The van der Waals surface area contributed by atoms with Crippen molar-refractivity contribution < 1.29 is 4.79 Å². The minimum atomic E-state index is 0.262. The van der Waals surface area contributed by atoms with Crippen LogP contribution in [0.3, 0.4) is 0 Å². The summed E-state index contributed by atoms with van der Waals surface area (Å²) in [6.45, 7) is 6.53. The molecule has 1 heterocycles. The van der Waals surface area contributed by atoms with Crippen molar-refractivity contribution in [1.82, 2.24) is 10.6 Å². The Morgan fingerprint density at radius 2 is 2.17 bits per heavy atom. The number of piperidine rings is 1. The summed E-state index contributed by atoms with van der Waals surface area (Å²) in [7, 11) is 0. The van der Waals surface area contributed by atoms with Crippen molar-refractivity contribution in [3.8, 4) is 0 Å². The first-order valence-electron chi connectivity index (χ1n) is 7.76. The highest BCUT2D eigenvalue weighted by Gasteiger charge is 2.18. The lowest BCUT2D eigenvalue weighted by Gasteiger charge is -2.24. The van der Waals surface area contributed by atoms with E-state index in [0.717, 1.165) is 32.4 Å². The number of carbonyl (C=O) groups is 1. The average Bonchev–Trinajstić information content (AvgIpc) is 2.37. The first-order valence-corrected chi connectivity index (χ1v) is 7.76. The molecule has 106 valence electrons. The number of hydrogen-bond donors (Lipinski definition) is 2. The SMILES string of the molecule is CCCCC(CCC)NC(=O)CC1CCCNC1. The molecule has 18 heavy (non-hydrogen) atoms. The third-order valence-electron chi connectivity index (χ3n) is 3.78. The maximum absolute atomic E-state index is 12.0. The molecule has 1 saturated heterocycles. The molecule has 2 unspecified atom stereocenters. The van der Waals surface area contributed by atoms with E-state index in [0.29, 0.717) is 18.4 Å². The van der Waals surface area contributed by atoms with Gasteiger partial charge in [0.1, 0.15) is 0 Å². The summed E-state index contributed by atoms with van der Waals surface area (Å²) in [5, 5.41) is 6.61. The molecule has 0 spiro atoms. The highest BCUT2D eigenvalue weighted by molar-refractivity contribution is 5.76. The van der Waals surface area contributed by atoms with Crippen molar-refractivity contribution in [3.05, 3.63) is 0 Å². The summed E-state index contributed by atoms with van der Waals surface area (Å²) >= 11 is 0. The molecule has 0 bridgehead atoms. The molecule has 1 aliphatic rings. The van der Waals surface area contributed by atoms with Gasteiger partial charge < -0.3 is 10.6 Å². The van der Waals surface area contributed by atoms with Gasteiger partial charge in [0.2, 0.25) is 5.91 Å². The Kier molecular flexibility index (Phi) is 8.06. The number of hydrogen-bond acceptors (Lipinski definition) is 2. The Morgan fingerprint density at radius 1 is 1.33 bits per heavy atom. The molecule has 3 nitrogen and oxygen atoms in total. The number of rotatable bonds is 8. The molecule has 0 saturated carbocycles. The largest absolute Gasteiger partial charge is 0.353 e. The van der Waals surface area contributed by atoms with Gasteiger partial charge in [0.25, 0.3) is 0 Å². The van der Waals surface area contributed by atoms with Gasteiger partial charge in [0.15, 0.2) is 0 Å². The van der Waals surface area contributed by atoms with Gasteiger partial charge in [-0.15, -0.1) is 0 Å². The van der Waals surface area contributed by atoms with Crippen LogP contribution in [0.2, 0.25) is 0 Å². The van der Waals surface area contributed by atoms with E-state index < -0.39 is 0 Å². The average molecular weight is 254 g/mol. The Morgan fingerprint density at radius 3 is 2.78 bits per heavy atom. The predicted octanol–water partition coefficient (Wildman–Crippen LogP) is 2.85. The zero-order valence-corrected chi connectivity index (χ0v) is 12.1. The number of carbonyl (C=O) groups excluding carboxylic acids is 1. The molecule has 2 N–H and O–H groups in total. The van der Waals surface area contributed by atoms with Gasteiger partial charge in [0.05, 0.1) is 0 Å². The molecule has 1 rings (SSSR count). The molecule has 0 aromatic carbocycles. The van der Waals surface area contributed by atoms with Crippen molar-refractivity contribution in [2.45, 2.75) is 71.3 Å². The lowest BCUT2D eigenvalue weighted by atomic mass is 9.95. The Balaban J connectivity index is 2.25. The highest BCUT2D eigenvalue weighted by Crippen LogP contribution is 2.14. The van der Waals surface area contributed by atoms with Gasteiger partial charge >= 0.3 is 0 Å². The van der Waals surface area contributed by atoms with Crippen LogP contribution >= 0.6 is 0 Å². The van der Waals surface area contributed by atoms with Crippen molar-refractivity contribution in [2.75, 3.05) is 13.1 Å². The smallest absolute Gasteiger partial charge is 0.220 e. The fourth-order valence-electron chi connectivity index (χ4n) is 2.73. The van der Waals surface area contributed by atoms with E-state index in [4.69, 9.17) is 0 Å². The summed E-state index contributed by atoms with van der Waals surface area (Å²) in [6.07, 6.45) is 8.96. The van der Waals surface area contributed by atoms with E-state index in [1.807, 2.05) is 0 Å². The van der Waals surface area contributed by atoms with Crippen molar-refractivity contribution in [1.29, 1.82) is 0 Å². The Hall–Kier alpha value is -0.570. The molecular formula is C15H30N2O. The van der Waals surface area contributed by atoms with E-state index in [1.54, 1.807) is 0 Å². The predicted molar refractivity (Wildman–Crippen MR) is 76.6 cm³/mol. The highest BCUT2D eigenvalue weighted by atomic mass is 16.1. The molecule has 1 fully saturated rings. The zero-order valence-electron chi connectivity index (χ0n) is 12.1. The molecule has 1 aliphatic heterocycles. The summed E-state index contributed by atoms with van der Waals surface area (Å²) in [5.74, 6) is 0.811. The van der Waals surface area contributed by atoms with Crippen molar-refractivity contribution in [3.63, 3.8) is 0 Å². The van der Waals surface area contributed by atoms with E-state index in [-0.39, 0.29) is 5.91 Å². The van der Waals surface area contributed by atoms with Gasteiger partial charge in [0, 0.05) is 12.5 Å².